The molecule has 0 saturated carbocycles. The van der Waals surface area contributed by atoms with Crippen LogP contribution in [-0.4, -0.2) is 17.7 Å². The molecule has 0 aliphatic carbocycles. The lowest BCUT2D eigenvalue weighted by Gasteiger charge is -2.05. The summed E-state index contributed by atoms with van der Waals surface area (Å²) in [6, 6.07) is 15.8. The number of aromatic nitrogens is 1. The average molecular weight is 343 g/mol. The van der Waals surface area contributed by atoms with Crippen molar-refractivity contribution in [2.75, 3.05) is 11.9 Å². The molecule has 0 spiro atoms. The first-order valence-corrected chi connectivity index (χ1v) is 7.80. The first-order valence-electron chi connectivity index (χ1n) is 7.42. The Balaban J connectivity index is 1.73. The van der Waals surface area contributed by atoms with E-state index < -0.39 is 0 Å². The van der Waals surface area contributed by atoms with E-state index in [1.54, 1.807) is 42.5 Å². The van der Waals surface area contributed by atoms with Gasteiger partial charge in [0.05, 0.1) is 6.61 Å². The first-order chi connectivity index (χ1) is 11.7. The summed E-state index contributed by atoms with van der Waals surface area (Å²) < 4.78 is 10.6. The summed E-state index contributed by atoms with van der Waals surface area (Å²) in [5, 5.41) is 7.28. The minimum atomic E-state index is -0.296. The third-order valence-corrected chi connectivity index (χ3v) is 3.55. The number of carbonyl (C=O) groups excluding carboxylic acids is 1. The predicted molar refractivity (Wildman–Crippen MR) is 92.5 cm³/mol. The van der Waals surface area contributed by atoms with Gasteiger partial charge in [0.2, 0.25) is 5.88 Å². The van der Waals surface area contributed by atoms with E-state index in [9.17, 15) is 4.79 Å². The highest BCUT2D eigenvalue weighted by molar-refractivity contribution is 6.30. The molecule has 24 heavy (non-hydrogen) atoms. The Morgan fingerprint density at radius 2 is 2.00 bits per heavy atom. The summed E-state index contributed by atoms with van der Waals surface area (Å²) in [6.07, 6.45) is 0. The smallest absolute Gasteiger partial charge is 0.258 e. The molecule has 0 unspecified atom stereocenters. The number of nitrogens with one attached hydrogen (secondary N) is 1. The summed E-state index contributed by atoms with van der Waals surface area (Å²) in [5.74, 6) is 0.617. The van der Waals surface area contributed by atoms with Crippen molar-refractivity contribution < 1.29 is 14.1 Å². The second-order valence-electron chi connectivity index (χ2n) is 5.00. The molecule has 122 valence electrons. The maximum Gasteiger partial charge on any atom is 0.258 e. The van der Waals surface area contributed by atoms with Crippen LogP contribution in [0, 0.1) is 0 Å². The van der Waals surface area contributed by atoms with Crippen LogP contribution in [0.2, 0.25) is 5.02 Å². The van der Waals surface area contributed by atoms with Crippen molar-refractivity contribution >= 4 is 23.4 Å². The van der Waals surface area contributed by atoms with Gasteiger partial charge in [0.25, 0.3) is 5.91 Å². The highest BCUT2D eigenvalue weighted by atomic mass is 35.5. The van der Waals surface area contributed by atoms with Crippen LogP contribution >= 0.6 is 11.6 Å². The van der Waals surface area contributed by atoms with Crippen LogP contribution in [0.3, 0.4) is 0 Å². The SMILES string of the molecule is CCOc1cccc(C(=O)Nc2cc(-c3ccc(Cl)cc3)no2)c1. The fourth-order valence-corrected chi connectivity index (χ4v) is 2.29. The van der Waals surface area contributed by atoms with Crippen LogP contribution in [0.25, 0.3) is 11.3 Å². The van der Waals surface area contributed by atoms with Crippen molar-refractivity contribution in [1.82, 2.24) is 5.16 Å². The Bertz CT molecular complexity index is 843. The van der Waals surface area contributed by atoms with Crippen LogP contribution in [0.4, 0.5) is 5.88 Å². The molecule has 1 aromatic heterocycles. The van der Waals surface area contributed by atoms with Gasteiger partial charge in [0, 0.05) is 22.2 Å². The minimum absolute atomic E-state index is 0.270. The molecule has 1 N–H and O–H groups in total. The van der Waals surface area contributed by atoms with E-state index in [0.29, 0.717) is 28.6 Å². The Kier molecular flexibility index (Phi) is 4.82. The summed E-state index contributed by atoms with van der Waals surface area (Å²) in [5.41, 5.74) is 1.94. The predicted octanol–water partition coefficient (Wildman–Crippen LogP) is 4.65. The van der Waals surface area contributed by atoms with Gasteiger partial charge in [0.15, 0.2) is 0 Å². The third-order valence-electron chi connectivity index (χ3n) is 3.29. The molecular weight excluding hydrogens is 328 g/mol. The van der Waals surface area contributed by atoms with Gasteiger partial charge < -0.3 is 9.26 Å². The lowest BCUT2D eigenvalue weighted by Crippen LogP contribution is -2.11. The fraction of sp³-hybridized carbons (Fsp3) is 0.111. The van der Waals surface area contributed by atoms with Crippen molar-refractivity contribution in [1.29, 1.82) is 0 Å². The van der Waals surface area contributed by atoms with E-state index in [1.165, 1.54) is 0 Å². The maximum absolute atomic E-state index is 12.3. The quantitative estimate of drug-likeness (QED) is 0.733. The summed E-state index contributed by atoms with van der Waals surface area (Å²) >= 11 is 5.87. The lowest BCUT2D eigenvalue weighted by atomic mass is 10.1. The van der Waals surface area contributed by atoms with Crippen LogP contribution in [0.1, 0.15) is 17.3 Å². The number of nitrogens with zero attached hydrogens (tertiary/aromatic N) is 1. The van der Waals surface area contributed by atoms with E-state index in [1.807, 2.05) is 19.1 Å². The molecule has 3 rings (SSSR count). The van der Waals surface area contributed by atoms with E-state index in [4.69, 9.17) is 20.9 Å². The minimum Gasteiger partial charge on any atom is -0.494 e. The number of hydrogen-bond acceptors (Lipinski definition) is 4. The number of rotatable bonds is 5. The van der Waals surface area contributed by atoms with Gasteiger partial charge in [-0.1, -0.05) is 35.0 Å². The van der Waals surface area contributed by atoms with Gasteiger partial charge in [-0.05, 0) is 37.3 Å². The molecule has 0 fully saturated rings. The van der Waals surface area contributed by atoms with Crippen molar-refractivity contribution in [3.05, 3.63) is 65.2 Å². The number of ether oxygens (including phenoxy) is 1. The molecular formula is C18H15ClN2O3. The standard InChI is InChI=1S/C18H15ClN2O3/c1-2-23-15-5-3-4-13(10-15)18(22)20-17-11-16(21-24-17)12-6-8-14(19)9-7-12/h3-11H,2H2,1H3,(H,20,22). The van der Waals surface area contributed by atoms with Gasteiger partial charge in [-0.2, -0.15) is 0 Å². The van der Waals surface area contributed by atoms with Crippen LogP contribution < -0.4 is 10.1 Å². The van der Waals surface area contributed by atoms with Gasteiger partial charge in [0.1, 0.15) is 11.4 Å². The number of carbonyl (C=O) groups is 1. The molecule has 2 aromatic carbocycles. The molecule has 5 nitrogen and oxygen atoms in total. The van der Waals surface area contributed by atoms with E-state index in [2.05, 4.69) is 10.5 Å². The number of halogens is 1. The summed E-state index contributed by atoms with van der Waals surface area (Å²) in [7, 11) is 0. The van der Waals surface area contributed by atoms with E-state index >= 15 is 0 Å². The lowest BCUT2D eigenvalue weighted by molar-refractivity contribution is 0.102. The molecule has 1 amide bonds. The second kappa shape index (κ2) is 7.19. The Labute approximate surface area is 144 Å². The van der Waals surface area contributed by atoms with Crippen molar-refractivity contribution in [3.63, 3.8) is 0 Å². The number of hydrogen-bond donors (Lipinski definition) is 1. The zero-order valence-electron chi connectivity index (χ0n) is 13.0. The zero-order valence-corrected chi connectivity index (χ0v) is 13.7. The highest BCUT2D eigenvalue weighted by Gasteiger charge is 2.12. The van der Waals surface area contributed by atoms with Gasteiger partial charge >= 0.3 is 0 Å². The number of benzene rings is 2. The van der Waals surface area contributed by atoms with Crippen LogP contribution in [0.5, 0.6) is 5.75 Å². The summed E-state index contributed by atoms with van der Waals surface area (Å²) in [6.45, 7) is 2.43. The normalized spacial score (nSPS) is 10.4. The van der Waals surface area contributed by atoms with Crippen molar-refractivity contribution in [3.8, 4) is 17.0 Å². The van der Waals surface area contributed by atoms with Crippen molar-refractivity contribution in [2.24, 2.45) is 0 Å². The zero-order chi connectivity index (χ0) is 16.9. The fourth-order valence-electron chi connectivity index (χ4n) is 2.17. The second-order valence-corrected chi connectivity index (χ2v) is 5.43. The van der Waals surface area contributed by atoms with E-state index in [0.717, 1.165) is 5.56 Å². The molecule has 0 aliphatic heterocycles. The molecule has 0 atom stereocenters. The van der Waals surface area contributed by atoms with Crippen LogP contribution in [-0.2, 0) is 0 Å². The molecule has 6 heteroatoms. The third kappa shape index (κ3) is 3.75. The molecule has 3 aromatic rings. The summed E-state index contributed by atoms with van der Waals surface area (Å²) in [4.78, 5) is 12.3. The molecule has 1 heterocycles. The molecule has 0 aliphatic rings. The van der Waals surface area contributed by atoms with Gasteiger partial charge in [-0.25, -0.2) is 0 Å². The largest absolute Gasteiger partial charge is 0.494 e. The molecule has 0 saturated heterocycles. The highest BCUT2D eigenvalue weighted by Crippen LogP contribution is 2.24. The number of amides is 1. The maximum atomic E-state index is 12.3. The van der Waals surface area contributed by atoms with E-state index in [-0.39, 0.29) is 11.8 Å². The Morgan fingerprint density at radius 1 is 1.21 bits per heavy atom. The monoisotopic (exact) mass is 342 g/mol. The Morgan fingerprint density at radius 3 is 2.75 bits per heavy atom. The van der Waals surface area contributed by atoms with Crippen LogP contribution in [0.15, 0.2) is 59.1 Å². The number of anilines is 1. The first kappa shape index (κ1) is 16.1. The van der Waals surface area contributed by atoms with Gasteiger partial charge in [-0.15, -0.1) is 0 Å². The average Bonchev–Trinajstić information content (AvgIpc) is 3.04. The molecule has 0 bridgehead atoms. The Hall–Kier alpha value is -2.79. The topological polar surface area (TPSA) is 64.4 Å². The molecule has 0 radical (unpaired) electrons. The van der Waals surface area contributed by atoms with Gasteiger partial charge in [-0.3, -0.25) is 10.1 Å². The van der Waals surface area contributed by atoms with Crippen molar-refractivity contribution in [2.45, 2.75) is 6.92 Å².